The van der Waals surface area contributed by atoms with Crippen LogP contribution < -0.4 is 11.5 Å². The molecule has 2 atom stereocenters. The second kappa shape index (κ2) is 5.52. The summed E-state index contributed by atoms with van der Waals surface area (Å²) in [6.07, 6.45) is -1.26. The standard InChI is InChI=1S/C11H17BrN2O2/c1-6-4-8(13)9(14)5-7(6)11(16)10(15)2-3-12/h4-5,10-11,15-16H,2-3,13-14H2,1H3. The van der Waals surface area contributed by atoms with Gasteiger partial charge in [0.2, 0.25) is 0 Å². The van der Waals surface area contributed by atoms with Gasteiger partial charge in [0.1, 0.15) is 6.10 Å². The van der Waals surface area contributed by atoms with Crippen LogP contribution in [0.1, 0.15) is 23.7 Å². The molecule has 0 aliphatic heterocycles. The van der Waals surface area contributed by atoms with Crippen molar-refractivity contribution >= 4 is 27.3 Å². The average Bonchev–Trinajstić information content (AvgIpc) is 2.23. The Morgan fingerprint density at radius 1 is 1.25 bits per heavy atom. The predicted molar refractivity (Wildman–Crippen MR) is 69.4 cm³/mol. The topological polar surface area (TPSA) is 92.5 Å². The molecule has 0 saturated carbocycles. The van der Waals surface area contributed by atoms with Crippen LogP contribution in [0.4, 0.5) is 11.4 Å². The van der Waals surface area contributed by atoms with Crippen molar-refractivity contribution in [1.29, 1.82) is 0 Å². The van der Waals surface area contributed by atoms with Crippen molar-refractivity contribution in [2.24, 2.45) is 0 Å². The molecule has 16 heavy (non-hydrogen) atoms. The normalized spacial score (nSPS) is 14.8. The molecule has 0 aliphatic rings. The Balaban J connectivity index is 2.99. The van der Waals surface area contributed by atoms with E-state index in [-0.39, 0.29) is 0 Å². The predicted octanol–water partition coefficient (Wildman–Crippen LogP) is 1.34. The van der Waals surface area contributed by atoms with Gasteiger partial charge in [-0.3, -0.25) is 0 Å². The molecular formula is C11H17BrN2O2. The highest BCUT2D eigenvalue weighted by Crippen LogP contribution is 2.28. The van der Waals surface area contributed by atoms with Crippen molar-refractivity contribution in [2.75, 3.05) is 16.8 Å². The van der Waals surface area contributed by atoms with E-state index in [0.29, 0.717) is 28.7 Å². The van der Waals surface area contributed by atoms with Crippen molar-refractivity contribution in [3.63, 3.8) is 0 Å². The van der Waals surface area contributed by atoms with Crippen LogP contribution in [0.25, 0.3) is 0 Å². The molecule has 90 valence electrons. The molecule has 2 unspecified atom stereocenters. The minimum Gasteiger partial charge on any atom is -0.397 e. The van der Waals surface area contributed by atoms with Crippen LogP contribution in [0, 0.1) is 6.92 Å². The molecule has 0 fully saturated rings. The summed E-state index contributed by atoms with van der Waals surface area (Å²) >= 11 is 3.22. The molecule has 1 rings (SSSR count). The molecule has 1 aromatic carbocycles. The van der Waals surface area contributed by atoms with Crippen LogP contribution in [0.2, 0.25) is 0 Å². The van der Waals surface area contributed by atoms with Gasteiger partial charge in [-0.25, -0.2) is 0 Å². The van der Waals surface area contributed by atoms with E-state index in [4.69, 9.17) is 11.5 Å². The number of hydrogen-bond acceptors (Lipinski definition) is 4. The molecule has 0 saturated heterocycles. The number of halogens is 1. The third-order valence-corrected chi connectivity index (χ3v) is 3.02. The third-order valence-electron chi connectivity index (χ3n) is 2.56. The van der Waals surface area contributed by atoms with Gasteiger partial charge in [0.05, 0.1) is 17.5 Å². The van der Waals surface area contributed by atoms with Crippen LogP contribution in [0.15, 0.2) is 12.1 Å². The summed E-state index contributed by atoms with van der Waals surface area (Å²) in [6, 6.07) is 3.32. The molecule has 0 aliphatic carbocycles. The highest BCUT2D eigenvalue weighted by atomic mass is 79.9. The largest absolute Gasteiger partial charge is 0.397 e. The number of hydrogen-bond donors (Lipinski definition) is 4. The summed E-state index contributed by atoms with van der Waals surface area (Å²) in [5.74, 6) is 0. The SMILES string of the molecule is Cc1cc(N)c(N)cc1C(O)C(O)CCBr. The average molecular weight is 289 g/mol. The summed E-state index contributed by atoms with van der Waals surface area (Å²) in [4.78, 5) is 0. The van der Waals surface area contributed by atoms with E-state index >= 15 is 0 Å². The first-order chi connectivity index (χ1) is 7.47. The maximum atomic E-state index is 9.95. The van der Waals surface area contributed by atoms with Gasteiger partial charge in [0.15, 0.2) is 0 Å². The van der Waals surface area contributed by atoms with Gasteiger partial charge in [0.25, 0.3) is 0 Å². The van der Waals surface area contributed by atoms with Crippen molar-refractivity contribution in [3.05, 3.63) is 23.3 Å². The molecule has 5 heteroatoms. The van der Waals surface area contributed by atoms with Gasteiger partial charge in [-0.1, -0.05) is 15.9 Å². The van der Waals surface area contributed by atoms with Gasteiger partial charge >= 0.3 is 0 Å². The number of nitrogens with two attached hydrogens (primary N) is 2. The van der Waals surface area contributed by atoms with E-state index in [0.717, 1.165) is 5.56 Å². The molecule has 0 heterocycles. The van der Waals surface area contributed by atoms with Crippen molar-refractivity contribution in [3.8, 4) is 0 Å². The minimum atomic E-state index is -0.930. The molecule has 6 N–H and O–H groups in total. The molecule has 0 radical (unpaired) electrons. The van der Waals surface area contributed by atoms with Crippen LogP contribution in [-0.2, 0) is 0 Å². The van der Waals surface area contributed by atoms with Gasteiger partial charge in [-0.05, 0) is 36.6 Å². The maximum Gasteiger partial charge on any atom is 0.105 e. The number of rotatable bonds is 4. The monoisotopic (exact) mass is 288 g/mol. The maximum absolute atomic E-state index is 9.95. The van der Waals surface area contributed by atoms with Crippen LogP contribution in [0.3, 0.4) is 0 Å². The molecule has 1 aromatic rings. The summed E-state index contributed by atoms with van der Waals surface area (Å²) < 4.78 is 0. The number of anilines is 2. The van der Waals surface area contributed by atoms with Crippen LogP contribution in [0.5, 0.6) is 0 Å². The lowest BCUT2D eigenvalue weighted by Crippen LogP contribution is -2.19. The molecule has 0 bridgehead atoms. The smallest absolute Gasteiger partial charge is 0.105 e. The van der Waals surface area contributed by atoms with Crippen molar-refractivity contribution in [2.45, 2.75) is 25.6 Å². The first kappa shape index (κ1) is 13.3. The highest BCUT2D eigenvalue weighted by Gasteiger charge is 2.20. The van der Waals surface area contributed by atoms with E-state index < -0.39 is 12.2 Å². The van der Waals surface area contributed by atoms with E-state index in [1.54, 1.807) is 12.1 Å². The van der Waals surface area contributed by atoms with Crippen molar-refractivity contribution in [1.82, 2.24) is 0 Å². The minimum absolute atomic E-state index is 0.422. The number of aryl methyl sites for hydroxylation is 1. The number of aliphatic hydroxyl groups excluding tert-OH is 2. The van der Waals surface area contributed by atoms with Crippen LogP contribution >= 0.6 is 15.9 Å². The van der Waals surface area contributed by atoms with E-state index in [9.17, 15) is 10.2 Å². The fraction of sp³-hybridized carbons (Fsp3) is 0.455. The second-order valence-corrected chi connectivity index (χ2v) is 4.62. The lowest BCUT2D eigenvalue weighted by Gasteiger charge is -2.20. The number of nitrogen functional groups attached to an aromatic ring is 2. The first-order valence-electron chi connectivity index (χ1n) is 5.05. The molecule has 4 nitrogen and oxygen atoms in total. The second-order valence-electron chi connectivity index (χ2n) is 3.83. The molecular weight excluding hydrogens is 272 g/mol. The van der Waals surface area contributed by atoms with Crippen molar-refractivity contribution < 1.29 is 10.2 Å². The zero-order chi connectivity index (χ0) is 12.3. The van der Waals surface area contributed by atoms with Gasteiger partial charge in [-0.2, -0.15) is 0 Å². The Kier molecular flexibility index (Phi) is 4.58. The zero-order valence-corrected chi connectivity index (χ0v) is 10.7. The third kappa shape index (κ3) is 2.87. The Labute approximate surface area is 103 Å². The number of alkyl halides is 1. The van der Waals surface area contributed by atoms with E-state index in [2.05, 4.69) is 15.9 Å². The summed E-state index contributed by atoms with van der Waals surface area (Å²) in [5.41, 5.74) is 13.7. The Bertz CT molecular complexity index is 371. The first-order valence-corrected chi connectivity index (χ1v) is 6.17. The van der Waals surface area contributed by atoms with E-state index in [1.165, 1.54) is 0 Å². The van der Waals surface area contributed by atoms with E-state index in [1.807, 2.05) is 6.92 Å². The molecule has 0 aromatic heterocycles. The quantitative estimate of drug-likeness (QED) is 0.497. The Morgan fingerprint density at radius 2 is 1.81 bits per heavy atom. The molecule has 0 amide bonds. The van der Waals surface area contributed by atoms with Gasteiger partial charge in [0, 0.05) is 5.33 Å². The Hall–Kier alpha value is -0.780. The van der Waals surface area contributed by atoms with Gasteiger partial charge < -0.3 is 21.7 Å². The number of aliphatic hydroxyl groups is 2. The Morgan fingerprint density at radius 3 is 2.38 bits per heavy atom. The summed E-state index contributed by atoms with van der Waals surface area (Å²) in [6.45, 7) is 1.83. The summed E-state index contributed by atoms with van der Waals surface area (Å²) in [5, 5.41) is 20.3. The summed E-state index contributed by atoms with van der Waals surface area (Å²) in [7, 11) is 0. The highest BCUT2D eigenvalue weighted by molar-refractivity contribution is 9.09. The number of benzene rings is 1. The van der Waals surface area contributed by atoms with Gasteiger partial charge in [-0.15, -0.1) is 0 Å². The fourth-order valence-electron chi connectivity index (χ4n) is 1.56. The lowest BCUT2D eigenvalue weighted by molar-refractivity contribution is 0.0170. The lowest BCUT2D eigenvalue weighted by atomic mass is 9.97. The molecule has 0 spiro atoms. The fourth-order valence-corrected chi connectivity index (χ4v) is 2.03. The zero-order valence-electron chi connectivity index (χ0n) is 9.15. The van der Waals surface area contributed by atoms with Crippen LogP contribution in [-0.4, -0.2) is 21.6 Å².